The van der Waals surface area contributed by atoms with Gasteiger partial charge < -0.3 is 10.1 Å². The van der Waals surface area contributed by atoms with Crippen molar-refractivity contribution >= 4 is 23.2 Å². The van der Waals surface area contributed by atoms with Gasteiger partial charge in [0.2, 0.25) is 5.91 Å². The highest BCUT2D eigenvalue weighted by Crippen LogP contribution is 2.50. The summed E-state index contributed by atoms with van der Waals surface area (Å²) in [7, 11) is 0. The van der Waals surface area contributed by atoms with Gasteiger partial charge in [-0.05, 0) is 61.9 Å². The predicted octanol–water partition coefficient (Wildman–Crippen LogP) is 5.44. The third kappa shape index (κ3) is 3.21. The second-order valence-corrected chi connectivity index (χ2v) is 8.12. The Hall–Kier alpha value is -2.00. The molecule has 0 saturated heterocycles. The van der Waals surface area contributed by atoms with E-state index in [9.17, 15) is 4.79 Å². The Morgan fingerprint density at radius 3 is 2.58 bits per heavy atom. The third-order valence-corrected chi connectivity index (χ3v) is 6.43. The van der Waals surface area contributed by atoms with Gasteiger partial charge in [0, 0.05) is 27.6 Å². The van der Waals surface area contributed by atoms with Crippen LogP contribution in [0.3, 0.4) is 0 Å². The van der Waals surface area contributed by atoms with Gasteiger partial charge in [0.05, 0.1) is 6.61 Å². The summed E-state index contributed by atoms with van der Waals surface area (Å²) in [6.45, 7) is 2.83. The Morgan fingerprint density at radius 1 is 1.15 bits per heavy atom. The molecule has 0 unspecified atom stereocenters. The number of ether oxygens (including phenoxy) is 1. The smallest absolute Gasteiger partial charge is 0.227 e. The van der Waals surface area contributed by atoms with Crippen molar-refractivity contribution in [2.24, 2.45) is 11.8 Å². The van der Waals surface area contributed by atoms with Gasteiger partial charge in [0.25, 0.3) is 0 Å². The minimum Gasteiger partial charge on any atom is -0.492 e. The summed E-state index contributed by atoms with van der Waals surface area (Å²) in [4.78, 5) is 12.6. The van der Waals surface area contributed by atoms with Gasteiger partial charge in [-0.1, -0.05) is 36.7 Å². The molecule has 2 aromatic rings. The van der Waals surface area contributed by atoms with Crippen molar-refractivity contribution in [2.45, 2.75) is 38.0 Å². The van der Waals surface area contributed by atoms with E-state index in [4.69, 9.17) is 16.3 Å². The second kappa shape index (κ2) is 6.96. The van der Waals surface area contributed by atoms with Crippen LogP contribution in [0, 0.1) is 11.8 Å². The van der Waals surface area contributed by atoms with Gasteiger partial charge >= 0.3 is 0 Å². The Bertz CT molecular complexity index is 794. The van der Waals surface area contributed by atoms with Crippen molar-refractivity contribution in [1.82, 2.24) is 0 Å². The van der Waals surface area contributed by atoms with E-state index >= 15 is 0 Å². The molecule has 1 aliphatic carbocycles. The van der Waals surface area contributed by atoms with Crippen LogP contribution >= 0.6 is 11.6 Å². The first-order valence-electron chi connectivity index (χ1n) is 9.36. The molecule has 2 aliphatic rings. The van der Waals surface area contributed by atoms with Gasteiger partial charge in [0.1, 0.15) is 5.75 Å². The molecule has 1 atom stereocenters. The van der Waals surface area contributed by atoms with Crippen molar-refractivity contribution in [3.05, 3.63) is 59.1 Å². The van der Waals surface area contributed by atoms with Crippen molar-refractivity contribution in [3.8, 4) is 5.75 Å². The maximum Gasteiger partial charge on any atom is 0.227 e. The standard InChI is InChI=1S/C22H24ClNO2/c1-15(21(25)24-18-8-6-17(23)7-9-18)16-10-12-22(13-11-16)14-26-20-5-3-2-4-19(20)22/h2-9,15-16H,10-14H2,1H3,(H,24,25)/t15-,16-,22+/m0/s1. The van der Waals surface area contributed by atoms with Crippen molar-refractivity contribution in [3.63, 3.8) is 0 Å². The van der Waals surface area contributed by atoms with Gasteiger partial charge in [-0.25, -0.2) is 0 Å². The molecule has 26 heavy (non-hydrogen) atoms. The lowest BCUT2D eigenvalue weighted by atomic mass is 9.65. The highest BCUT2D eigenvalue weighted by atomic mass is 35.5. The number of hydrogen-bond acceptors (Lipinski definition) is 2. The third-order valence-electron chi connectivity index (χ3n) is 6.18. The molecule has 1 aliphatic heterocycles. The van der Waals surface area contributed by atoms with Gasteiger partial charge in [-0.3, -0.25) is 4.79 Å². The maximum atomic E-state index is 12.6. The fourth-order valence-corrected chi connectivity index (χ4v) is 4.56. The topological polar surface area (TPSA) is 38.3 Å². The Morgan fingerprint density at radius 2 is 1.85 bits per heavy atom. The lowest BCUT2D eigenvalue weighted by Crippen LogP contribution is -2.37. The SMILES string of the molecule is C[C@H](C(=O)Nc1ccc(Cl)cc1)[C@H]1CC[C@@]2(CC1)COc1ccccc12. The Labute approximate surface area is 159 Å². The largest absolute Gasteiger partial charge is 0.492 e. The molecule has 136 valence electrons. The van der Waals surface area contributed by atoms with E-state index < -0.39 is 0 Å². The summed E-state index contributed by atoms with van der Waals surface area (Å²) in [5.74, 6) is 1.55. The summed E-state index contributed by atoms with van der Waals surface area (Å²) in [6.07, 6.45) is 4.31. The number of carbonyl (C=O) groups excluding carboxylic acids is 1. The highest BCUT2D eigenvalue weighted by Gasteiger charge is 2.44. The Kier molecular flexibility index (Phi) is 4.66. The summed E-state index contributed by atoms with van der Waals surface area (Å²) in [6, 6.07) is 15.7. The van der Waals surface area contributed by atoms with Crippen LogP contribution in [-0.2, 0) is 10.2 Å². The number of hydrogen-bond donors (Lipinski definition) is 1. The molecular formula is C22H24ClNO2. The van der Waals surface area contributed by atoms with Gasteiger partial charge in [0.15, 0.2) is 0 Å². The zero-order valence-electron chi connectivity index (χ0n) is 15.0. The van der Waals surface area contributed by atoms with E-state index in [1.54, 1.807) is 12.1 Å². The zero-order valence-corrected chi connectivity index (χ0v) is 15.8. The number of para-hydroxylation sites is 1. The number of amides is 1. The van der Waals surface area contributed by atoms with E-state index in [1.165, 1.54) is 5.56 Å². The monoisotopic (exact) mass is 369 g/mol. The van der Waals surface area contributed by atoms with Crippen LogP contribution in [0.4, 0.5) is 5.69 Å². The average Bonchev–Trinajstić information content (AvgIpc) is 3.02. The van der Waals surface area contributed by atoms with Crippen molar-refractivity contribution in [1.29, 1.82) is 0 Å². The fraction of sp³-hybridized carbons (Fsp3) is 0.409. The molecule has 0 bridgehead atoms. The zero-order chi connectivity index (χ0) is 18.1. The first-order valence-corrected chi connectivity index (χ1v) is 9.74. The number of carbonyl (C=O) groups is 1. The molecule has 1 heterocycles. The van der Waals surface area contributed by atoms with Crippen LogP contribution in [0.5, 0.6) is 5.75 Å². The van der Waals surface area contributed by atoms with E-state index in [1.807, 2.05) is 25.1 Å². The quantitative estimate of drug-likeness (QED) is 0.782. The number of anilines is 1. The summed E-state index contributed by atoms with van der Waals surface area (Å²) in [5, 5.41) is 3.69. The van der Waals surface area contributed by atoms with Crippen LogP contribution in [0.15, 0.2) is 48.5 Å². The normalized spacial score (nSPS) is 25.4. The minimum absolute atomic E-state index is 0.000549. The molecule has 1 amide bonds. The molecule has 2 aromatic carbocycles. The summed E-state index contributed by atoms with van der Waals surface area (Å²) < 4.78 is 5.93. The maximum absolute atomic E-state index is 12.6. The van der Waals surface area contributed by atoms with E-state index in [2.05, 4.69) is 23.5 Å². The lowest BCUT2D eigenvalue weighted by Gasteiger charge is -2.38. The molecule has 1 fully saturated rings. The lowest BCUT2D eigenvalue weighted by molar-refractivity contribution is -0.121. The van der Waals surface area contributed by atoms with Crippen molar-refractivity contribution in [2.75, 3.05) is 11.9 Å². The van der Waals surface area contributed by atoms with E-state index in [0.717, 1.165) is 43.7 Å². The molecule has 0 radical (unpaired) electrons. The molecule has 1 N–H and O–H groups in total. The fourth-order valence-electron chi connectivity index (χ4n) is 4.43. The Balaban J connectivity index is 1.38. The van der Waals surface area contributed by atoms with Gasteiger partial charge in [-0.15, -0.1) is 0 Å². The van der Waals surface area contributed by atoms with E-state index in [0.29, 0.717) is 10.9 Å². The average molecular weight is 370 g/mol. The number of fused-ring (bicyclic) bond motifs is 2. The van der Waals surface area contributed by atoms with Crippen LogP contribution in [0.1, 0.15) is 38.2 Å². The van der Waals surface area contributed by atoms with Crippen LogP contribution in [0.2, 0.25) is 5.02 Å². The number of nitrogens with one attached hydrogen (secondary N) is 1. The second-order valence-electron chi connectivity index (χ2n) is 7.69. The number of benzene rings is 2. The van der Waals surface area contributed by atoms with Crippen LogP contribution in [-0.4, -0.2) is 12.5 Å². The number of halogens is 1. The van der Waals surface area contributed by atoms with Crippen LogP contribution in [0.25, 0.3) is 0 Å². The minimum atomic E-state index is 0.000549. The van der Waals surface area contributed by atoms with Gasteiger partial charge in [-0.2, -0.15) is 0 Å². The van der Waals surface area contributed by atoms with E-state index in [-0.39, 0.29) is 17.2 Å². The predicted molar refractivity (Wildman–Crippen MR) is 105 cm³/mol. The molecule has 3 nitrogen and oxygen atoms in total. The molecular weight excluding hydrogens is 346 g/mol. The molecule has 4 rings (SSSR count). The first-order chi connectivity index (χ1) is 12.6. The molecule has 1 saturated carbocycles. The first kappa shape index (κ1) is 17.4. The number of rotatable bonds is 3. The van der Waals surface area contributed by atoms with Crippen molar-refractivity contribution < 1.29 is 9.53 Å². The molecule has 1 spiro atoms. The molecule has 4 heteroatoms. The molecule has 0 aromatic heterocycles. The summed E-state index contributed by atoms with van der Waals surface area (Å²) >= 11 is 5.90. The highest BCUT2D eigenvalue weighted by molar-refractivity contribution is 6.30. The summed E-state index contributed by atoms with van der Waals surface area (Å²) in [5.41, 5.74) is 2.31. The van der Waals surface area contributed by atoms with Crippen LogP contribution < -0.4 is 10.1 Å².